The number of nitrogens with zero attached hydrogens (tertiary/aromatic N) is 1. The second kappa shape index (κ2) is 7.36. The lowest BCUT2D eigenvalue weighted by Gasteiger charge is -2.40. The van der Waals surface area contributed by atoms with Crippen LogP contribution in [0.2, 0.25) is 0 Å². The molecule has 1 N–H and O–H groups in total. The Morgan fingerprint density at radius 1 is 1.04 bits per heavy atom. The maximum atomic E-state index is 11.5. The average molecular weight is 342 g/mol. The molecular weight excluding hydrogens is 312 g/mol. The third kappa shape index (κ3) is 4.00. The summed E-state index contributed by atoms with van der Waals surface area (Å²) < 4.78 is 6.26. The Bertz CT molecular complexity index is 614. The van der Waals surface area contributed by atoms with Gasteiger partial charge in [0.25, 0.3) is 0 Å². The molecule has 3 aliphatic rings. The maximum absolute atomic E-state index is 11.5. The van der Waals surface area contributed by atoms with Crippen LogP contribution in [0.5, 0.6) is 5.75 Å². The van der Waals surface area contributed by atoms with E-state index in [9.17, 15) is 4.79 Å². The van der Waals surface area contributed by atoms with Crippen molar-refractivity contribution in [3.05, 3.63) is 23.8 Å². The summed E-state index contributed by atoms with van der Waals surface area (Å²) >= 11 is 0. The Balaban J connectivity index is 1.29. The first-order chi connectivity index (χ1) is 12.2. The lowest BCUT2D eigenvalue weighted by molar-refractivity contribution is -0.116. The highest BCUT2D eigenvalue weighted by Gasteiger charge is 2.28. The van der Waals surface area contributed by atoms with Gasteiger partial charge in [0.05, 0.1) is 0 Å². The van der Waals surface area contributed by atoms with Crippen LogP contribution in [0.3, 0.4) is 0 Å². The van der Waals surface area contributed by atoms with Crippen LogP contribution < -0.4 is 10.1 Å². The highest BCUT2D eigenvalue weighted by molar-refractivity contribution is 5.93. The summed E-state index contributed by atoms with van der Waals surface area (Å²) in [4.78, 5) is 14.2. The molecule has 0 spiro atoms. The molecule has 1 saturated heterocycles. The fraction of sp³-hybridized carbons (Fsp3) is 0.667. The molecule has 1 aliphatic carbocycles. The van der Waals surface area contributed by atoms with Crippen molar-refractivity contribution < 1.29 is 9.53 Å². The standard InChI is InChI=1S/C21H30N2O2/c1-15-2-5-17(6-3-15)23-12-10-18(11-13-23)25-19-7-8-20-16(14-19)4-9-21(24)22-20/h7-8,14-15,17-18H,2-6,9-13H2,1H3,(H,22,24). The predicted molar refractivity (Wildman–Crippen MR) is 100 cm³/mol. The molecule has 2 heterocycles. The zero-order chi connectivity index (χ0) is 17.2. The number of hydrogen-bond donors (Lipinski definition) is 1. The summed E-state index contributed by atoms with van der Waals surface area (Å²) in [5.74, 6) is 2.00. The number of carbonyl (C=O) groups is 1. The van der Waals surface area contributed by atoms with Crippen molar-refractivity contribution in [2.45, 2.75) is 70.4 Å². The maximum Gasteiger partial charge on any atom is 0.224 e. The molecule has 1 aromatic rings. The zero-order valence-electron chi connectivity index (χ0n) is 15.3. The molecule has 1 aromatic carbocycles. The lowest BCUT2D eigenvalue weighted by atomic mass is 9.86. The molecule has 4 nitrogen and oxygen atoms in total. The van der Waals surface area contributed by atoms with Crippen LogP contribution in [-0.4, -0.2) is 36.0 Å². The van der Waals surface area contributed by atoms with E-state index in [0.29, 0.717) is 12.5 Å². The molecule has 4 heteroatoms. The Kier molecular flexibility index (Phi) is 4.98. The molecule has 0 aromatic heterocycles. The van der Waals surface area contributed by atoms with Crippen LogP contribution in [0, 0.1) is 5.92 Å². The number of aryl methyl sites for hydroxylation is 1. The summed E-state index contributed by atoms with van der Waals surface area (Å²) in [6.07, 6.45) is 9.52. The van der Waals surface area contributed by atoms with Crippen molar-refractivity contribution in [2.75, 3.05) is 18.4 Å². The van der Waals surface area contributed by atoms with E-state index in [1.54, 1.807) is 0 Å². The van der Waals surface area contributed by atoms with E-state index in [0.717, 1.165) is 42.7 Å². The minimum Gasteiger partial charge on any atom is -0.490 e. The number of likely N-dealkylation sites (tertiary alicyclic amines) is 1. The number of fused-ring (bicyclic) bond motifs is 1. The monoisotopic (exact) mass is 342 g/mol. The molecule has 0 atom stereocenters. The Labute approximate surface area is 150 Å². The minimum absolute atomic E-state index is 0.116. The van der Waals surface area contributed by atoms with Crippen molar-refractivity contribution in [2.24, 2.45) is 5.92 Å². The van der Waals surface area contributed by atoms with Gasteiger partial charge in [-0.15, -0.1) is 0 Å². The summed E-state index contributed by atoms with van der Waals surface area (Å²) in [6.45, 7) is 4.73. The normalized spacial score (nSPS) is 28.3. The van der Waals surface area contributed by atoms with Crippen molar-refractivity contribution in [3.63, 3.8) is 0 Å². The van der Waals surface area contributed by atoms with E-state index in [-0.39, 0.29) is 5.91 Å². The van der Waals surface area contributed by atoms with Gasteiger partial charge in [-0.25, -0.2) is 0 Å². The Morgan fingerprint density at radius 3 is 2.56 bits per heavy atom. The van der Waals surface area contributed by atoms with Crippen LogP contribution in [0.25, 0.3) is 0 Å². The van der Waals surface area contributed by atoms with E-state index >= 15 is 0 Å². The molecule has 0 bridgehead atoms. The van der Waals surface area contributed by atoms with Crippen molar-refractivity contribution in [3.8, 4) is 5.75 Å². The number of piperidine rings is 1. The highest BCUT2D eigenvalue weighted by atomic mass is 16.5. The molecule has 2 fully saturated rings. The van der Waals surface area contributed by atoms with Gasteiger partial charge in [-0.3, -0.25) is 4.79 Å². The number of ether oxygens (including phenoxy) is 1. The second-order valence-electron chi connectivity index (χ2n) is 8.13. The van der Waals surface area contributed by atoms with Gasteiger partial charge in [-0.2, -0.15) is 0 Å². The van der Waals surface area contributed by atoms with Crippen LogP contribution in [-0.2, 0) is 11.2 Å². The van der Waals surface area contributed by atoms with Gasteiger partial charge in [0, 0.05) is 31.2 Å². The number of amides is 1. The molecular formula is C21H30N2O2. The number of anilines is 1. The van der Waals surface area contributed by atoms with Gasteiger partial charge in [-0.1, -0.05) is 6.92 Å². The molecule has 4 rings (SSSR count). The smallest absolute Gasteiger partial charge is 0.224 e. The molecule has 136 valence electrons. The van der Waals surface area contributed by atoms with Gasteiger partial charge >= 0.3 is 0 Å². The topological polar surface area (TPSA) is 41.6 Å². The fourth-order valence-corrected chi connectivity index (χ4v) is 4.59. The van der Waals surface area contributed by atoms with Crippen LogP contribution in [0.1, 0.15) is 57.4 Å². The fourth-order valence-electron chi connectivity index (χ4n) is 4.59. The Morgan fingerprint density at radius 2 is 1.80 bits per heavy atom. The first-order valence-corrected chi connectivity index (χ1v) is 10.0. The van der Waals surface area contributed by atoms with Crippen molar-refractivity contribution in [1.29, 1.82) is 0 Å². The van der Waals surface area contributed by atoms with Crippen molar-refractivity contribution in [1.82, 2.24) is 4.90 Å². The average Bonchev–Trinajstić information content (AvgIpc) is 2.63. The van der Waals surface area contributed by atoms with E-state index < -0.39 is 0 Å². The second-order valence-corrected chi connectivity index (χ2v) is 8.13. The minimum atomic E-state index is 0.116. The number of benzene rings is 1. The van der Waals surface area contributed by atoms with Gasteiger partial charge in [0.2, 0.25) is 5.91 Å². The number of nitrogens with one attached hydrogen (secondary N) is 1. The molecule has 25 heavy (non-hydrogen) atoms. The first kappa shape index (κ1) is 16.9. The van der Waals surface area contributed by atoms with E-state index in [1.807, 2.05) is 12.1 Å². The molecule has 0 radical (unpaired) electrons. The predicted octanol–water partition coefficient (Wildman–Crippen LogP) is 3.99. The number of carbonyl (C=O) groups excluding carboxylic acids is 1. The highest BCUT2D eigenvalue weighted by Crippen LogP contribution is 2.31. The number of rotatable bonds is 3. The zero-order valence-corrected chi connectivity index (χ0v) is 15.3. The summed E-state index contributed by atoms with van der Waals surface area (Å²) in [6, 6.07) is 6.91. The quantitative estimate of drug-likeness (QED) is 0.903. The van der Waals surface area contributed by atoms with Crippen molar-refractivity contribution >= 4 is 11.6 Å². The summed E-state index contributed by atoms with van der Waals surface area (Å²) in [5.41, 5.74) is 2.15. The molecule has 1 saturated carbocycles. The first-order valence-electron chi connectivity index (χ1n) is 10.0. The largest absolute Gasteiger partial charge is 0.490 e. The summed E-state index contributed by atoms with van der Waals surface area (Å²) in [5, 5.41) is 2.93. The van der Waals surface area contributed by atoms with Gasteiger partial charge in [-0.05, 0) is 74.6 Å². The van der Waals surface area contributed by atoms with E-state index in [4.69, 9.17) is 4.74 Å². The van der Waals surface area contributed by atoms with Gasteiger partial charge in [0.15, 0.2) is 0 Å². The summed E-state index contributed by atoms with van der Waals surface area (Å²) in [7, 11) is 0. The third-order valence-corrected chi connectivity index (χ3v) is 6.25. The van der Waals surface area contributed by atoms with Gasteiger partial charge in [0.1, 0.15) is 11.9 Å². The van der Waals surface area contributed by atoms with Crippen LogP contribution in [0.4, 0.5) is 5.69 Å². The van der Waals surface area contributed by atoms with Crippen LogP contribution in [0.15, 0.2) is 18.2 Å². The number of hydrogen-bond acceptors (Lipinski definition) is 3. The Hall–Kier alpha value is -1.55. The van der Waals surface area contributed by atoms with E-state index in [1.165, 1.54) is 44.3 Å². The van der Waals surface area contributed by atoms with Crippen LogP contribution >= 0.6 is 0 Å². The van der Waals surface area contributed by atoms with E-state index in [2.05, 4.69) is 23.2 Å². The SMILES string of the molecule is CC1CCC(N2CCC(Oc3ccc4c(c3)CCC(=O)N4)CC2)CC1. The molecule has 0 unspecified atom stereocenters. The van der Waals surface area contributed by atoms with Gasteiger partial charge < -0.3 is 15.0 Å². The lowest BCUT2D eigenvalue weighted by Crippen LogP contribution is -2.45. The molecule has 1 amide bonds. The third-order valence-electron chi connectivity index (χ3n) is 6.25. The molecule has 2 aliphatic heterocycles.